The first-order valence-corrected chi connectivity index (χ1v) is 10.1. The Hall–Kier alpha value is -3.12. The molecule has 3 N–H and O–H groups in total. The van der Waals surface area contributed by atoms with Crippen LogP contribution in [0.2, 0.25) is 0 Å². The van der Waals surface area contributed by atoms with E-state index in [1.54, 1.807) is 0 Å². The number of hydrogen-bond donors (Lipinski definition) is 2. The zero-order valence-electron chi connectivity index (χ0n) is 18.4. The first-order chi connectivity index (χ1) is 15.8. The van der Waals surface area contributed by atoms with Gasteiger partial charge in [0.25, 0.3) is 11.8 Å². The molecule has 7 nitrogen and oxygen atoms in total. The minimum absolute atomic E-state index is 0.0341. The number of nitrogens with two attached hydrogens (primary N) is 1. The van der Waals surface area contributed by atoms with Gasteiger partial charge in [0.15, 0.2) is 17.2 Å². The summed E-state index contributed by atoms with van der Waals surface area (Å²) in [4.78, 5) is 28.2. The summed E-state index contributed by atoms with van der Waals surface area (Å²) in [5.41, 5.74) is 1.88. The van der Waals surface area contributed by atoms with E-state index < -0.39 is 59.8 Å². The van der Waals surface area contributed by atoms with Crippen molar-refractivity contribution < 1.29 is 41.0 Å². The summed E-state index contributed by atoms with van der Waals surface area (Å²) in [5, 5.41) is 2.39. The molecule has 2 aromatic rings. The number of nitrogens with zero attached hydrogens (tertiary/aromatic N) is 1. The van der Waals surface area contributed by atoms with Crippen LogP contribution in [0.15, 0.2) is 30.5 Å². The van der Waals surface area contributed by atoms with Crippen molar-refractivity contribution in [2.45, 2.75) is 44.3 Å². The Morgan fingerprint density at radius 1 is 1.26 bits per heavy atom. The number of benzene rings is 1. The van der Waals surface area contributed by atoms with Crippen LogP contribution in [0.5, 0.6) is 0 Å². The number of methoxy groups -OCH3 is 1. The van der Waals surface area contributed by atoms with Gasteiger partial charge in [-0.15, -0.1) is 0 Å². The second-order valence-corrected chi connectivity index (χ2v) is 8.10. The molecule has 1 aliphatic rings. The highest BCUT2D eigenvalue weighted by atomic mass is 19.4. The highest BCUT2D eigenvalue weighted by molar-refractivity contribution is 5.97. The molecule has 0 radical (unpaired) electrons. The number of carbonyl (C=O) groups is 2. The van der Waals surface area contributed by atoms with Crippen LogP contribution in [0.4, 0.5) is 27.6 Å². The van der Waals surface area contributed by atoms with Gasteiger partial charge in [0, 0.05) is 36.4 Å². The van der Waals surface area contributed by atoms with Gasteiger partial charge in [-0.1, -0.05) is 13.0 Å². The first kappa shape index (κ1) is 25.5. The minimum atomic E-state index is -4.88. The van der Waals surface area contributed by atoms with Gasteiger partial charge in [-0.25, -0.2) is 8.78 Å². The number of anilines is 1. The molecule has 12 heteroatoms. The van der Waals surface area contributed by atoms with Crippen LogP contribution in [0.25, 0.3) is 0 Å². The fourth-order valence-corrected chi connectivity index (χ4v) is 4.09. The zero-order valence-corrected chi connectivity index (χ0v) is 18.4. The van der Waals surface area contributed by atoms with Gasteiger partial charge in [-0.2, -0.15) is 13.2 Å². The van der Waals surface area contributed by atoms with Crippen molar-refractivity contribution in [3.05, 3.63) is 58.9 Å². The zero-order chi connectivity index (χ0) is 25.4. The van der Waals surface area contributed by atoms with Crippen LogP contribution >= 0.6 is 0 Å². The summed E-state index contributed by atoms with van der Waals surface area (Å²) in [5.74, 6) is -7.05. The molecule has 1 aromatic heterocycles. The SMILES string of the molecule is COCc1c([C@@H]2[C@@H](C(=O)Nc3ccnc(C(N)=O)c3)O[C@](C)(C(F)(F)F)[C@@H]2C)ccc(F)c1F. The number of halogens is 5. The highest BCUT2D eigenvalue weighted by Crippen LogP contribution is 2.54. The maximum atomic E-state index is 14.6. The quantitative estimate of drug-likeness (QED) is 0.605. The fourth-order valence-electron chi connectivity index (χ4n) is 4.09. The number of alkyl halides is 3. The van der Waals surface area contributed by atoms with Gasteiger partial charge in [-0.05, 0) is 30.7 Å². The van der Waals surface area contributed by atoms with Crippen LogP contribution in [0.1, 0.15) is 41.4 Å². The molecule has 1 fully saturated rings. The van der Waals surface area contributed by atoms with Crippen molar-refractivity contribution in [3.63, 3.8) is 0 Å². The van der Waals surface area contributed by atoms with E-state index in [2.05, 4.69) is 10.3 Å². The fraction of sp³-hybridized carbons (Fsp3) is 0.409. The normalized spacial score (nSPS) is 24.8. The Labute approximate surface area is 191 Å². The van der Waals surface area contributed by atoms with Crippen LogP contribution < -0.4 is 11.1 Å². The number of ether oxygens (including phenoxy) is 2. The Balaban J connectivity index is 2.09. The Morgan fingerprint density at radius 3 is 2.53 bits per heavy atom. The maximum Gasteiger partial charge on any atom is 0.417 e. The molecule has 0 spiro atoms. The molecular formula is C22H22F5N3O4. The number of rotatable bonds is 6. The third-order valence-electron chi connectivity index (χ3n) is 6.09. The van der Waals surface area contributed by atoms with E-state index in [9.17, 15) is 31.5 Å². The average molecular weight is 487 g/mol. The first-order valence-electron chi connectivity index (χ1n) is 10.1. The molecule has 2 heterocycles. The minimum Gasteiger partial charge on any atom is -0.380 e. The summed E-state index contributed by atoms with van der Waals surface area (Å²) >= 11 is 0. The second kappa shape index (κ2) is 9.26. The molecule has 1 saturated heterocycles. The number of amides is 2. The summed E-state index contributed by atoms with van der Waals surface area (Å²) in [6, 6.07) is 4.34. The molecule has 0 unspecified atom stereocenters. The van der Waals surface area contributed by atoms with E-state index >= 15 is 0 Å². The van der Waals surface area contributed by atoms with E-state index in [4.69, 9.17) is 15.2 Å². The predicted molar refractivity (Wildman–Crippen MR) is 110 cm³/mol. The Bertz CT molecular complexity index is 1110. The number of aromatic nitrogens is 1. The number of carbonyl (C=O) groups excluding carboxylic acids is 2. The van der Waals surface area contributed by atoms with E-state index in [0.717, 1.165) is 25.1 Å². The topological polar surface area (TPSA) is 104 Å². The second-order valence-electron chi connectivity index (χ2n) is 8.10. The highest BCUT2D eigenvalue weighted by Gasteiger charge is 2.65. The standard InChI is InChI=1S/C22H22F5N3O4/c1-10-16(12-4-5-14(23)17(24)13(12)9-33-3)18(34-21(10,2)22(25,26)27)20(32)30-11-6-7-29-15(8-11)19(28)31/h4-8,10,16,18H,9H2,1-3H3,(H2,28,31)(H,29,30,32)/t10-,16-,18+,21+/m1/s1. The molecule has 4 atom stereocenters. The Morgan fingerprint density at radius 2 is 1.94 bits per heavy atom. The van der Waals surface area contributed by atoms with Crippen LogP contribution in [0.3, 0.4) is 0 Å². The number of primary amides is 1. The summed E-state index contributed by atoms with van der Waals surface area (Å²) in [6.07, 6.45) is -5.44. The molecule has 1 aromatic carbocycles. The molecule has 1 aliphatic heterocycles. The molecule has 3 rings (SSSR count). The molecule has 2 amide bonds. The lowest BCUT2D eigenvalue weighted by molar-refractivity contribution is -0.272. The molecular weight excluding hydrogens is 465 g/mol. The number of nitrogens with one attached hydrogen (secondary N) is 1. The van der Waals surface area contributed by atoms with Crippen LogP contribution in [-0.2, 0) is 20.9 Å². The molecule has 184 valence electrons. The van der Waals surface area contributed by atoms with Crippen molar-refractivity contribution in [3.8, 4) is 0 Å². The third-order valence-corrected chi connectivity index (χ3v) is 6.09. The van der Waals surface area contributed by atoms with Crippen molar-refractivity contribution in [1.29, 1.82) is 0 Å². The van der Waals surface area contributed by atoms with Gasteiger partial charge in [0.1, 0.15) is 11.8 Å². The molecule has 0 aliphatic carbocycles. The monoisotopic (exact) mass is 487 g/mol. The van der Waals surface area contributed by atoms with E-state index in [-0.39, 0.29) is 22.5 Å². The summed E-state index contributed by atoms with van der Waals surface area (Å²) in [7, 11) is 1.21. The third kappa shape index (κ3) is 4.47. The lowest BCUT2D eigenvalue weighted by Crippen LogP contribution is -2.47. The van der Waals surface area contributed by atoms with E-state index in [1.807, 2.05) is 0 Å². The average Bonchev–Trinajstić information content (AvgIpc) is 3.04. The van der Waals surface area contributed by atoms with Crippen LogP contribution in [-0.4, -0.2) is 41.8 Å². The molecule has 0 saturated carbocycles. The lowest BCUT2D eigenvalue weighted by atomic mass is 9.76. The number of pyridine rings is 1. The van der Waals surface area contributed by atoms with Crippen molar-refractivity contribution in [2.75, 3.05) is 12.4 Å². The largest absolute Gasteiger partial charge is 0.417 e. The van der Waals surface area contributed by atoms with E-state index in [0.29, 0.717) is 0 Å². The van der Waals surface area contributed by atoms with Gasteiger partial charge < -0.3 is 20.5 Å². The molecule has 34 heavy (non-hydrogen) atoms. The Kier molecular flexibility index (Phi) is 6.94. The van der Waals surface area contributed by atoms with Gasteiger partial charge in [-0.3, -0.25) is 14.6 Å². The predicted octanol–water partition coefficient (Wildman–Crippen LogP) is 3.68. The van der Waals surface area contributed by atoms with Crippen LogP contribution in [0, 0.1) is 17.6 Å². The number of hydrogen-bond acceptors (Lipinski definition) is 5. The van der Waals surface area contributed by atoms with E-state index in [1.165, 1.54) is 26.3 Å². The van der Waals surface area contributed by atoms with Gasteiger partial charge >= 0.3 is 6.18 Å². The smallest absolute Gasteiger partial charge is 0.380 e. The summed E-state index contributed by atoms with van der Waals surface area (Å²) < 4.78 is 80.7. The van der Waals surface area contributed by atoms with Crippen molar-refractivity contribution >= 4 is 17.5 Å². The summed E-state index contributed by atoms with van der Waals surface area (Å²) in [6.45, 7) is 1.58. The van der Waals surface area contributed by atoms with Gasteiger partial charge in [0.05, 0.1) is 6.61 Å². The lowest BCUT2D eigenvalue weighted by Gasteiger charge is -2.32. The molecule has 0 bridgehead atoms. The van der Waals surface area contributed by atoms with Gasteiger partial charge in [0.2, 0.25) is 0 Å². The van der Waals surface area contributed by atoms with Crippen molar-refractivity contribution in [1.82, 2.24) is 4.98 Å². The van der Waals surface area contributed by atoms with Crippen molar-refractivity contribution in [2.24, 2.45) is 11.7 Å². The maximum absolute atomic E-state index is 14.6.